The van der Waals surface area contributed by atoms with Crippen LogP contribution >= 0.6 is 0 Å². The number of carbonyl (C=O) groups excluding carboxylic acids is 2. The molecule has 3 aliphatic rings. The zero-order valence-corrected chi connectivity index (χ0v) is 18.9. The van der Waals surface area contributed by atoms with Crippen LogP contribution in [-0.4, -0.2) is 67.2 Å². The fourth-order valence-corrected chi connectivity index (χ4v) is 5.52. The van der Waals surface area contributed by atoms with Gasteiger partial charge in [0.15, 0.2) is 0 Å². The first kappa shape index (κ1) is 22.1. The molecule has 6 nitrogen and oxygen atoms in total. The molecule has 0 aromatic heterocycles. The molecule has 0 radical (unpaired) electrons. The Morgan fingerprint density at radius 1 is 1.16 bits per heavy atom. The van der Waals surface area contributed by atoms with Gasteiger partial charge in [-0.15, -0.1) is 0 Å². The number of rotatable bonds is 3. The number of likely N-dealkylation sites (tertiary alicyclic amines) is 2. The molecule has 0 saturated carbocycles. The van der Waals surface area contributed by atoms with Crippen LogP contribution in [0.1, 0.15) is 52.0 Å². The number of benzene rings is 1. The van der Waals surface area contributed by atoms with Crippen LogP contribution in [0, 0.1) is 11.7 Å². The number of hydrogen-bond acceptors (Lipinski definition) is 4. The molecule has 3 aliphatic heterocycles. The number of amides is 2. The van der Waals surface area contributed by atoms with Gasteiger partial charge in [-0.05, 0) is 69.5 Å². The van der Waals surface area contributed by atoms with E-state index in [9.17, 15) is 14.0 Å². The molecule has 7 heteroatoms. The quantitative estimate of drug-likeness (QED) is 0.731. The van der Waals surface area contributed by atoms with E-state index in [1.54, 1.807) is 17.0 Å². The lowest BCUT2D eigenvalue weighted by Crippen LogP contribution is -2.52. The molecule has 1 spiro atoms. The summed E-state index contributed by atoms with van der Waals surface area (Å²) in [5.41, 5.74) is 1.72. The molecule has 3 heterocycles. The molecule has 1 aromatic rings. The second kappa shape index (κ2) is 8.77. The summed E-state index contributed by atoms with van der Waals surface area (Å²) in [6.07, 6.45) is 3.54. The third-order valence-corrected chi connectivity index (χ3v) is 7.30. The van der Waals surface area contributed by atoms with E-state index in [1.807, 2.05) is 25.7 Å². The van der Waals surface area contributed by atoms with Crippen molar-refractivity contribution in [3.8, 4) is 0 Å². The fraction of sp³-hybridized carbons (Fsp3) is 0.667. The van der Waals surface area contributed by atoms with Crippen LogP contribution in [0.25, 0.3) is 0 Å². The molecule has 2 amide bonds. The maximum atomic E-state index is 14.2. The van der Waals surface area contributed by atoms with Crippen molar-refractivity contribution in [2.75, 3.05) is 44.2 Å². The van der Waals surface area contributed by atoms with Crippen molar-refractivity contribution in [2.45, 2.75) is 57.9 Å². The first-order chi connectivity index (χ1) is 14.8. The number of carbonyl (C=O) groups is 2. The zero-order chi connectivity index (χ0) is 22.2. The van der Waals surface area contributed by atoms with E-state index in [1.165, 1.54) is 6.07 Å². The Balaban J connectivity index is 1.43. The molecule has 170 valence electrons. The minimum absolute atomic E-state index is 0.0854. The Hall–Kier alpha value is -2.15. The zero-order valence-electron chi connectivity index (χ0n) is 18.9. The number of halogens is 1. The second-order valence-electron chi connectivity index (χ2n) is 9.47. The van der Waals surface area contributed by atoms with E-state index in [0.717, 1.165) is 63.1 Å². The number of fused-ring (bicyclic) bond motifs is 2. The number of ether oxygens (including phenoxy) is 1. The van der Waals surface area contributed by atoms with Gasteiger partial charge in [0.1, 0.15) is 5.82 Å². The highest BCUT2D eigenvalue weighted by Crippen LogP contribution is 2.48. The van der Waals surface area contributed by atoms with Crippen LogP contribution < -0.4 is 4.90 Å². The summed E-state index contributed by atoms with van der Waals surface area (Å²) >= 11 is 0. The van der Waals surface area contributed by atoms with Gasteiger partial charge in [-0.25, -0.2) is 9.18 Å². The smallest absolute Gasteiger partial charge is 0.409 e. The van der Waals surface area contributed by atoms with Gasteiger partial charge in [-0.1, -0.05) is 13.8 Å². The molecule has 2 fully saturated rings. The van der Waals surface area contributed by atoms with Gasteiger partial charge in [0.2, 0.25) is 5.91 Å². The lowest BCUT2D eigenvalue weighted by molar-refractivity contribution is -0.121. The molecular formula is C24H34FN3O3. The Morgan fingerprint density at radius 2 is 1.84 bits per heavy atom. The maximum Gasteiger partial charge on any atom is 0.409 e. The maximum absolute atomic E-state index is 14.2. The molecule has 0 N–H and O–H groups in total. The van der Waals surface area contributed by atoms with Gasteiger partial charge in [0.05, 0.1) is 6.61 Å². The lowest BCUT2D eigenvalue weighted by Gasteiger charge is -2.45. The molecule has 4 rings (SSSR count). The predicted octanol–water partition coefficient (Wildman–Crippen LogP) is 3.78. The predicted molar refractivity (Wildman–Crippen MR) is 118 cm³/mol. The fourth-order valence-electron chi connectivity index (χ4n) is 5.52. The van der Waals surface area contributed by atoms with Crippen LogP contribution in [0.3, 0.4) is 0 Å². The number of nitrogens with zero attached hydrogens (tertiary/aromatic N) is 3. The van der Waals surface area contributed by atoms with Gasteiger partial charge < -0.3 is 19.4 Å². The Kier molecular flexibility index (Phi) is 6.24. The van der Waals surface area contributed by atoms with Crippen LogP contribution in [0.5, 0.6) is 0 Å². The summed E-state index contributed by atoms with van der Waals surface area (Å²) in [4.78, 5) is 31.0. The average Bonchev–Trinajstić information content (AvgIpc) is 3.07. The van der Waals surface area contributed by atoms with Crippen LogP contribution in [-0.2, 0) is 14.9 Å². The highest BCUT2D eigenvalue weighted by Gasteiger charge is 2.47. The lowest BCUT2D eigenvalue weighted by atomic mass is 9.74. The summed E-state index contributed by atoms with van der Waals surface area (Å²) in [5, 5.41) is 0. The summed E-state index contributed by atoms with van der Waals surface area (Å²) in [5.74, 6) is -0.207. The molecule has 0 bridgehead atoms. The molecule has 0 atom stereocenters. The van der Waals surface area contributed by atoms with Gasteiger partial charge in [0, 0.05) is 42.7 Å². The standard InChI is InChI=1S/C24H34FN3O3/c1-4-31-23(30)27-11-7-19(8-12-27)26-13-9-24(10-14-26)16-28(22(29)17(2)3)21-6-5-18(25)15-20(21)24/h5-6,15,17,19H,4,7-14,16H2,1-3H3. The summed E-state index contributed by atoms with van der Waals surface area (Å²) in [6.45, 7) is 10.1. The first-order valence-corrected chi connectivity index (χ1v) is 11.6. The molecule has 2 saturated heterocycles. The largest absolute Gasteiger partial charge is 0.450 e. The third-order valence-electron chi connectivity index (χ3n) is 7.30. The van der Waals surface area contributed by atoms with Crippen molar-refractivity contribution < 1.29 is 18.7 Å². The van der Waals surface area contributed by atoms with Gasteiger partial charge in [-0.2, -0.15) is 0 Å². The van der Waals surface area contributed by atoms with E-state index >= 15 is 0 Å². The monoisotopic (exact) mass is 431 g/mol. The average molecular weight is 432 g/mol. The van der Waals surface area contributed by atoms with Crippen molar-refractivity contribution in [3.05, 3.63) is 29.6 Å². The van der Waals surface area contributed by atoms with Gasteiger partial charge in [0.25, 0.3) is 0 Å². The Morgan fingerprint density at radius 3 is 2.45 bits per heavy atom. The number of hydrogen-bond donors (Lipinski definition) is 0. The topological polar surface area (TPSA) is 53.1 Å². The van der Waals surface area contributed by atoms with Crippen molar-refractivity contribution in [2.24, 2.45) is 5.92 Å². The number of anilines is 1. The molecule has 0 unspecified atom stereocenters. The van der Waals surface area contributed by atoms with E-state index in [4.69, 9.17) is 4.74 Å². The minimum atomic E-state index is -0.231. The SMILES string of the molecule is CCOC(=O)N1CCC(N2CCC3(CC2)CN(C(=O)C(C)C)c2ccc(F)cc23)CC1. The van der Waals surface area contributed by atoms with Gasteiger partial charge in [-0.3, -0.25) is 4.79 Å². The van der Waals surface area contributed by atoms with Gasteiger partial charge >= 0.3 is 6.09 Å². The first-order valence-electron chi connectivity index (χ1n) is 11.6. The third kappa shape index (κ3) is 4.16. The highest BCUT2D eigenvalue weighted by atomic mass is 19.1. The van der Waals surface area contributed by atoms with Crippen molar-refractivity contribution in [3.63, 3.8) is 0 Å². The minimum Gasteiger partial charge on any atom is -0.450 e. The highest BCUT2D eigenvalue weighted by molar-refractivity contribution is 5.97. The van der Waals surface area contributed by atoms with Crippen LogP contribution in [0.15, 0.2) is 18.2 Å². The van der Waals surface area contributed by atoms with Crippen molar-refractivity contribution in [1.82, 2.24) is 9.80 Å². The normalized spacial score (nSPS) is 21.6. The van der Waals surface area contributed by atoms with E-state index < -0.39 is 0 Å². The summed E-state index contributed by atoms with van der Waals surface area (Å²) < 4.78 is 19.3. The van der Waals surface area contributed by atoms with E-state index in [-0.39, 0.29) is 29.2 Å². The van der Waals surface area contributed by atoms with Crippen LogP contribution in [0.4, 0.5) is 14.9 Å². The molecule has 0 aliphatic carbocycles. The van der Waals surface area contributed by atoms with Crippen LogP contribution in [0.2, 0.25) is 0 Å². The second-order valence-corrected chi connectivity index (χ2v) is 9.47. The van der Waals surface area contributed by atoms with E-state index in [2.05, 4.69) is 4.90 Å². The van der Waals surface area contributed by atoms with Crippen molar-refractivity contribution in [1.29, 1.82) is 0 Å². The summed E-state index contributed by atoms with van der Waals surface area (Å²) in [7, 11) is 0. The van der Waals surface area contributed by atoms with Crippen molar-refractivity contribution >= 4 is 17.7 Å². The summed E-state index contributed by atoms with van der Waals surface area (Å²) in [6, 6.07) is 5.35. The van der Waals surface area contributed by atoms with E-state index in [0.29, 0.717) is 19.2 Å². The number of piperidine rings is 2. The molecule has 31 heavy (non-hydrogen) atoms. The molecular weight excluding hydrogens is 397 g/mol. The molecule has 1 aromatic carbocycles. The Bertz CT molecular complexity index is 827. The Labute approximate surface area is 184 Å².